The summed E-state index contributed by atoms with van der Waals surface area (Å²) in [6, 6.07) is 13.2. The number of amides is 2. The zero-order valence-corrected chi connectivity index (χ0v) is 18.9. The number of carbonyl (C=O) groups is 2. The van der Waals surface area contributed by atoms with E-state index in [0.717, 1.165) is 27.5 Å². The van der Waals surface area contributed by atoms with Crippen LogP contribution in [0.2, 0.25) is 0 Å². The van der Waals surface area contributed by atoms with Crippen LogP contribution >= 0.6 is 0 Å². The maximum absolute atomic E-state index is 13.5. The fraction of sp³-hybridized carbons (Fsp3) is 0.192. The van der Waals surface area contributed by atoms with Gasteiger partial charge in [-0.15, -0.1) is 0 Å². The molecule has 0 saturated heterocycles. The Labute approximate surface area is 194 Å². The minimum Gasteiger partial charge on any atom is -0.497 e. The van der Waals surface area contributed by atoms with Gasteiger partial charge in [0.05, 0.1) is 30.3 Å². The summed E-state index contributed by atoms with van der Waals surface area (Å²) in [6.07, 6.45) is 1.97. The second-order valence-corrected chi connectivity index (χ2v) is 8.76. The molecule has 4 heterocycles. The number of ether oxygens (including phenoxy) is 1. The fourth-order valence-corrected chi connectivity index (χ4v) is 5.23. The molecular formula is C26H22N4O4. The summed E-state index contributed by atoms with van der Waals surface area (Å²) in [5, 5.41) is 5.19. The molecule has 6 rings (SSSR count). The Morgan fingerprint density at radius 3 is 2.71 bits per heavy atom. The lowest BCUT2D eigenvalue weighted by Gasteiger charge is -2.19. The third-order valence-corrected chi connectivity index (χ3v) is 6.82. The van der Waals surface area contributed by atoms with Gasteiger partial charge in [-0.2, -0.15) is 0 Å². The smallest absolute Gasteiger partial charge is 0.259 e. The van der Waals surface area contributed by atoms with Crippen LogP contribution in [-0.2, 0) is 16.6 Å². The van der Waals surface area contributed by atoms with Crippen molar-refractivity contribution in [3.63, 3.8) is 0 Å². The minimum atomic E-state index is -0.637. The number of aromatic nitrogens is 2. The Balaban J connectivity index is 1.67. The van der Waals surface area contributed by atoms with Gasteiger partial charge in [-0.3, -0.25) is 19.3 Å². The van der Waals surface area contributed by atoms with Gasteiger partial charge in [0.1, 0.15) is 5.75 Å². The first-order chi connectivity index (χ1) is 16.4. The Bertz CT molecular complexity index is 1640. The third-order valence-electron chi connectivity index (χ3n) is 6.82. The number of imide groups is 1. The van der Waals surface area contributed by atoms with E-state index in [0.29, 0.717) is 28.1 Å². The Kier molecular flexibility index (Phi) is 4.23. The first-order valence-electron chi connectivity index (χ1n) is 11.0. The number of carbonyl (C=O) groups excluding carboxylic acids is 2. The van der Waals surface area contributed by atoms with Crippen molar-refractivity contribution >= 4 is 39.3 Å². The zero-order chi connectivity index (χ0) is 23.7. The molecule has 8 heteroatoms. The number of aromatic amines is 1. The number of pyridine rings is 1. The fourth-order valence-electron chi connectivity index (χ4n) is 5.23. The van der Waals surface area contributed by atoms with Crippen molar-refractivity contribution in [2.45, 2.75) is 12.8 Å². The van der Waals surface area contributed by atoms with Crippen LogP contribution in [0.15, 0.2) is 64.7 Å². The van der Waals surface area contributed by atoms with Gasteiger partial charge in [-0.1, -0.05) is 6.07 Å². The number of fused-ring (bicyclic) bond motifs is 1. The summed E-state index contributed by atoms with van der Waals surface area (Å²) < 4.78 is 7.28. The molecule has 0 saturated carbocycles. The van der Waals surface area contributed by atoms with Gasteiger partial charge in [-0.05, 0) is 41.3 Å². The van der Waals surface area contributed by atoms with Gasteiger partial charge in [0.2, 0.25) is 5.91 Å². The summed E-state index contributed by atoms with van der Waals surface area (Å²) in [7, 11) is 3.52. The van der Waals surface area contributed by atoms with Gasteiger partial charge in [0.15, 0.2) is 0 Å². The van der Waals surface area contributed by atoms with E-state index in [-0.39, 0.29) is 23.9 Å². The van der Waals surface area contributed by atoms with Crippen molar-refractivity contribution in [1.82, 2.24) is 14.5 Å². The van der Waals surface area contributed by atoms with Gasteiger partial charge in [-0.25, -0.2) is 0 Å². The van der Waals surface area contributed by atoms with Crippen LogP contribution in [-0.4, -0.2) is 39.9 Å². The molecule has 0 radical (unpaired) electrons. The molecule has 170 valence electrons. The molecule has 8 nitrogen and oxygen atoms in total. The highest BCUT2D eigenvalue weighted by Crippen LogP contribution is 2.45. The van der Waals surface area contributed by atoms with Gasteiger partial charge < -0.3 is 19.6 Å². The minimum absolute atomic E-state index is 0.148. The number of benzene rings is 2. The van der Waals surface area contributed by atoms with Crippen molar-refractivity contribution in [2.75, 3.05) is 19.0 Å². The van der Waals surface area contributed by atoms with Crippen LogP contribution in [0.25, 0.3) is 21.8 Å². The Morgan fingerprint density at radius 1 is 1.12 bits per heavy atom. The highest BCUT2D eigenvalue weighted by molar-refractivity contribution is 6.11. The molecule has 2 aromatic carbocycles. The highest BCUT2D eigenvalue weighted by Gasteiger charge is 2.42. The molecule has 2 amide bonds. The zero-order valence-electron chi connectivity index (χ0n) is 18.9. The molecule has 2 aromatic heterocycles. The van der Waals surface area contributed by atoms with Crippen LogP contribution in [0.5, 0.6) is 5.75 Å². The maximum Gasteiger partial charge on any atom is 0.259 e. The number of hydrogen-bond acceptors (Lipinski definition) is 5. The lowest BCUT2D eigenvalue weighted by molar-refractivity contribution is -0.139. The van der Waals surface area contributed by atoms with E-state index in [1.54, 1.807) is 13.2 Å². The molecule has 1 atom stereocenters. The summed E-state index contributed by atoms with van der Waals surface area (Å²) in [4.78, 5) is 43.4. The predicted molar refractivity (Wildman–Crippen MR) is 129 cm³/mol. The standard InChI is InChI=1S/C26H22N4O4/c1-13(31)30-12-20-24(26(30)33)22(17-11-29(2)21-6-4-5-18(27-20)23(17)21)16-9-14-7-8-15(34-3)10-19(14)28-25(16)32/h4-11,22,27H,12H2,1-3H3,(H,28,32)/t22-/m1/s1. The van der Waals surface area contributed by atoms with Crippen molar-refractivity contribution < 1.29 is 14.3 Å². The number of H-pyrrole nitrogens is 1. The van der Waals surface area contributed by atoms with Crippen molar-refractivity contribution in [3.8, 4) is 5.75 Å². The van der Waals surface area contributed by atoms with Gasteiger partial charge in [0.25, 0.3) is 11.5 Å². The van der Waals surface area contributed by atoms with Crippen molar-refractivity contribution in [3.05, 3.63) is 81.4 Å². The number of aryl methyl sites for hydroxylation is 1. The lowest BCUT2D eigenvalue weighted by atomic mass is 9.84. The van der Waals surface area contributed by atoms with Gasteiger partial charge in [0, 0.05) is 54.5 Å². The average molecular weight is 454 g/mol. The Morgan fingerprint density at radius 2 is 1.94 bits per heavy atom. The van der Waals surface area contributed by atoms with E-state index < -0.39 is 5.92 Å². The van der Waals surface area contributed by atoms with Crippen LogP contribution in [0.3, 0.4) is 0 Å². The van der Waals surface area contributed by atoms with Crippen LogP contribution in [0, 0.1) is 0 Å². The monoisotopic (exact) mass is 454 g/mol. The van der Waals surface area contributed by atoms with Crippen molar-refractivity contribution in [2.24, 2.45) is 7.05 Å². The Hall–Kier alpha value is -4.33. The second-order valence-electron chi connectivity index (χ2n) is 8.76. The molecule has 0 fully saturated rings. The molecule has 0 aliphatic carbocycles. The third kappa shape index (κ3) is 2.75. The summed E-state index contributed by atoms with van der Waals surface area (Å²) in [5.74, 6) is -0.702. The molecular weight excluding hydrogens is 432 g/mol. The molecule has 34 heavy (non-hydrogen) atoms. The molecule has 2 aliphatic heterocycles. The van der Waals surface area contributed by atoms with E-state index in [1.165, 1.54) is 11.8 Å². The van der Waals surface area contributed by atoms with E-state index in [4.69, 9.17) is 4.74 Å². The SMILES string of the molecule is COc1ccc2cc([C@H]3C4=C(CN(C(C)=O)C4=O)Nc4cccc5c4c3cn5C)c(=O)[nH]c2c1. The maximum atomic E-state index is 13.5. The topological polar surface area (TPSA) is 96.4 Å². The number of rotatable bonds is 2. The number of nitrogens with one attached hydrogen (secondary N) is 2. The summed E-state index contributed by atoms with van der Waals surface area (Å²) >= 11 is 0. The van der Waals surface area contributed by atoms with Crippen LogP contribution in [0.4, 0.5) is 5.69 Å². The predicted octanol–water partition coefficient (Wildman–Crippen LogP) is 3.23. The summed E-state index contributed by atoms with van der Waals surface area (Å²) in [5.41, 5.74) is 4.58. The molecule has 2 N–H and O–H groups in total. The summed E-state index contributed by atoms with van der Waals surface area (Å²) in [6.45, 7) is 1.53. The second kappa shape index (κ2) is 7.08. The van der Waals surface area contributed by atoms with Crippen LogP contribution in [0.1, 0.15) is 24.0 Å². The van der Waals surface area contributed by atoms with Crippen LogP contribution < -0.4 is 15.6 Å². The van der Waals surface area contributed by atoms with Crippen molar-refractivity contribution in [1.29, 1.82) is 0 Å². The first kappa shape index (κ1) is 20.3. The molecule has 0 unspecified atom stereocenters. The molecule has 0 bridgehead atoms. The quantitative estimate of drug-likeness (QED) is 0.485. The largest absolute Gasteiger partial charge is 0.497 e. The lowest BCUT2D eigenvalue weighted by Crippen LogP contribution is -2.33. The van der Waals surface area contributed by atoms with E-state index in [2.05, 4.69) is 10.3 Å². The van der Waals surface area contributed by atoms with E-state index in [9.17, 15) is 14.4 Å². The molecule has 2 aliphatic rings. The average Bonchev–Trinajstić information content (AvgIpc) is 3.27. The number of hydrogen-bond donors (Lipinski definition) is 2. The normalized spacial score (nSPS) is 17.2. The molecule has 0 spiro atoms. The van der Waals surface area contributed by atoms with E-state index >= 15 is 0 Å². The first-order valence-corrected chi connectivity index (χ1v) is 11.0. The number of methoxy groups -OCH3 is 1. The highest BCUT2D eigenvalue weighted by atomic mass is 16.5. The number of nitrogens with zero attached hydrogens (tertiary/aromatic N) is 2. The number of anilines is 1. The van der Waals surface area contributed by atoms with Gasteiger partial charge >= 0.3 is 0 Å². The molecule has 4 aromatic rings. The van der Waals surface area contributed by atoms with E-state index in [1.807, 2.05) is 54.2 Å².